The van der Waals surface area contributed by atoms with Crippen LogP contribution in [0.15, 0.2) is 60.8 Å². The van der Waals surface area contributed by atoms with Gasteiger partial charge in [0.15, 0.2) is 0 Å². The standard InChI is InChI=1S/C28H26F5N5O2/c1-17-15-36(11-12-37(17)21-5-7-22(8-6-21)40-28(31,32)33)24-9-3-19(13-23(24)30)14-34-27(39)26-18(2)35-25-10-4-20(29)16-38(25)26/h3-10,13,16-17H,11-12,14-15H2,1-2H3,(H,34,39)/t17-/m1/s1. The van der Waals surface area contributed by atoms with Crippen LogP contribution in [0.2, 0.25) is 0 Å². The first kappa shape index (κ1) is 27.2. The van der Waals surface area contributed by atoms with Crippen molar-refractivity contribution in [1.29, 1.82) is 0 Å². The highest BCUT2D eigenvalue weighted by Crippen LogP contribution is 2.29. The number of piperazine rings is 1. The number of nitrogens with one attached hydrogen (secondary N) is 1. The zero-order chi connectivity index (χ0) is 28.6. The van der Waals surface area contributed by atoms with E-state index in [4.69, 9.17) is 0 Å². The molecule has 0 aliphatic carbocycles. The summed E-state index contributed by atoms with van der Waals surface area (Å²) in [6, 6.07) is 13.2. The average molecular weight is 560 g/mol. The number of benzene rings is 2. The molecule has 1 atom stereocenters. The zero-order valence-electron chi connectivity index (χ0n) is 21.7. The Hall–Kier alpha value is -4.35. The molecule has 40 heavy (non-hydrogen) atoms. The molecule has 0 bridgehead atoms. The van der Waals surface area contributed by atoms with Gasteiger partial charge in [-0.2, -0.15) is 0 Å². The molecule has 3 heterocycles. The van der Waals surface area contributed by atoms with E-state index in [1.807, 2.05) is 16.7 Å². The molecule has 0 radical (unpaired) electrons. The summed E-state index contributed by atoms with van der Waals surface area (Å²) in [7, 11) is 0. The number of hydrogen-bond donors (Lipinski definition) is 1. The number of carbonyl (C=O) groups is 1. The Bertz CT molecular complexity index is 1540. The summed E-state index contributed by atoms with van der Waals surface area (Å²) in [5.41, 5.74) is 2.83. The number of hydrogen-bond acceptors (Lipinski definition) is 5. The van der Waals surface area contributed by atoms with E-state index in [0.29, 0.717) is 42.2 Å². The number of imidazole rings is 1. The third kappa shape index (κ3) is 5.80. The Balaban J connectivity index is 1.21. The van der Waals surface area contributed by atoms with E-state index < -0.39 is 23.9 Å². The highest BCUT2D eigenvalue weighted by molar-refractivity contribution is 5.94. The normalized spacial score (nSPS) is 15.9. The summed E-state index contributed by atoms with van der Waals surface area (Å²) in [5, 5.41) is 2.75. The largest absolute Gasteiger partial charge is 0.573 e. The number of anilines is 2. The Morgan fingerprint density at radius 3 is 2.50 bits per heavy atom. The van der Waals surface area contributed by atoms with Crippen molar-refractivity contribution in [2.45, 2.75) is 32.8 Å². The van der Waals surface area contributed by atoms with Crippen LogP contribution in [0.1, 0.15) is 28.7 Å². The molecule has 1 aliphatic heterocycles. The van der Waals surface area contributed by atoms with Crippen LogP contribution in [0.3, 0.4) is 0 Å². The van der Waals surface area contributed by atoms with Gasteiger partial charge in [0.25, 0.3) is 5.91 Å². The summed E-state index contributed by atoms with van der Waals surface area (Å²) < 4.78 is 71.5. The fourth-order valence-corrected chi connectivity index (χ4v) is 4.99. The molecule has 1 aliphatic rings. The fraction of sp³-hybridized carbons (Fsp3) is 0.286. The molecule has 5 rings (SSSR count). The summed E-state index contributed by atoms with van der Waals surface area (Å²) in [5.74, 6) is -1.68. The second kappa shape index (κ2) is 10.7. The maximum atomic E-state index is 15.1. The molecule has 1 amide bonds. The lowest BCUT2D eigenvalue weighted by atomic mass is 10.1. The van der Waals surface area contributed by atoms with Gasteiger partial charge in [-0.15, -0.1) is 13.2 Å². The number of alkyl halides is 3. The average Bonchev–Trinajstić information content (AvgIpc) is 3.22. The van der Waals surface area contributed by atoms with Gasteiger partial charge in [0.1, 0.15) is 28.7 Å². The smallest absolute Gasteiger partial charge is 0.406 e. The Morgan fingerprint density at radius 2 is 1.82 bits per heavy atom. The number of fused-ring (bicyclic) bond motifs is 1. The van der Waals surface area contributed by atoms with Gasteiger partial charge in [0, 0.05) is 44.1 Å². The molecule has 1 fully saturated rings. The molecule has 2 aromatic heterocycles. The Labute approximate surface area is 226 Å². The number of aromatic nitrogens is 2. The zero-order valence-corrected chi connectivity index (χ0v) is 21.7. The van der Waals surface area contributed by atoms with Crippen LogP contribution >= 0.6 is 0 Å². The van der Waals surface area contributed by atoms with Crippen molar-refractivity contribution in [3.63, 3.8) is 0 Å². The van der Waals surface area contributed by atoms with E-state index >= 15 is 4.39 Å². The number of nitrogens with zero attached hydrogens (tertiary/aromatic N) is 4. The van der Waals surface area contributed by atoms with Gasteiger partial charge < -0.3 is 19.9 Å². The SMILES string of the molecule is Cc1nc2ccc(F)cn2c1C(=O)NCc1ccc(N2CCN(c3ccc(OC(F)(F)F)cc3)[C@H](C)C2)c(F)c1. The van der Waals surface area contributed by atoms with Crippen molar-refractivity contribution in [3.05, 3.63) is 89.4 Å². The lowest BCUT2D eigenvalue weighted by Gasteiger charge is -2.42. The summed E-state index contributed by atoms with van der Waals surface area (Å²) >= 11 is 0. The minimum Gasteiger partial charge on any atom is -0.406 e. The van der Waals surface area contributed by atoms with Crippen LogP contribution in [0, 0.1) is 18.6 Å². The van der Waals surface area contributed by atoms with Gasteiger partial charge in [-0.25, -0.2) is 13.8 Å². The molecule has 1 N–H and O–H groups in total. The number of amides is 1. The maximum absolute atomic E-state index is 15.1. The van der Waals surface area contributed by atoms with Crippen molar-refractivity contribution in [2.24, 2.45) is 0 Å². The number of aryl methyl sites for hydroxylation is 1. The number of carbonyl (C=O) groups excluding carboxylic acids is 1. The molecule has 2 aromatic carbocycles. The van der Waals surface area contributed by atoms with E-state index in [0.717, 1.165) is 5.69 Å². The van der Waals surface area contributed by atoms with Crippen LogP contribution in [0.5, 0.6) is 5.75 Å². The van der Waals surface area contributed by atoms with Crippen LogP contribution in [0.25, 0.3) is 5.65 Å². The number of halogens is 5. The lowest BCUT2D eigenvalue weighted by molar-refractivity contribution is -0.274. The van der Waals surface area contributed by atoms with Crippen LogP contribution in [-0.2, 0) is 6.54 Å². The molecule has 12 heteroatoms. The predicted octanol–water partition coefficient (Wildman–Crippen LogP) is 5.46. The first-order valence-electron chi connectivity index (χ1n) is 12.6. The molecule has 0 unspecified atom stereocenters. The Morgan fingerprint density at radius 1 is 1.07 bits per heavy atom. The molecular formula is C28H26F5N5O2. The number of pyridine rings is 1. The molecule has 0 spiro atoms. The van der Waals surface area contributed by atoms with Gasteiger partial charge >= 0.3 is 6.36 Å². The number of rotatable bonds is 6. The third-order valence-electron chi connectivity index (χ3n) is 6.81. The minimum absolute atomic E-state index is 0.0416. The molecule has 4 aromatic rings. The monoisotopic (exact) mass is 559 g/mol. The van der Waals surface area contributed by atoms with Gasteiger partial charge in [0.2, 0.25) is 0 Å². The second-order valence-corrected chi connectivity index (χ2v) is 9.62. The van der Waals surface area contributed by atoms with E-state index in [1.165, 1.54) is 40.9 Å². The summed E-state index contributed by atoms with van der Waals surface area (Å²) in [6.07, 6.45) is -3.56. The highest BCUT2D eigenvalue weighted by Gasteiger charge is 2.31. The van der Waals surface area contributed by atoms with Crippen LogP contribution < -0.4 is 19.9 Å². The summed E-state index contributed by atoms with van der Waals surface area (Å²) in [4.78, 5) is 21.1. The molecule has 1 saturated heterocycles. The van der Waals surface area contributed by atoms with E-state index in [1.54, 1.807) is 31.2 Å². The van der Waals surface area contributed by atoms with Gasteiger partial charge in [-0.05, 0) is 67.9 Å². The van der Waals surface area contributed by atoms with Crippen LogP contribution in [-0.4, -0.2) is 47.3 Å². The van der Waals surface area contributed by atoms with Crippen molar-refractivity contribution >= 4 is 22.9 Å². The second-order valence-electron chi connectivity index (χ2n) is 9.62. The molecular weight excluding hydrogens is 533 g/mol. The molecule has 210 valence electrons. The van der Waals surface area contributed by atoms with E-state index in [9.17, 15) is 22.4 Å². The third-order valence-corrected chi connectivity index (χ3v) is 6.81. The summed E-state index contributed by atoms with van der Waals surface area (Å²) in [6.45, 7) is 5.22. The van der Waals surface area contributed by atoms with Crippen molar-refractivity contribution < 1.29 is 31.5 Å². The fourth-order valence-electron chi connectivity index (χ4n) is 4.99. The van der Waals surface area contributed by atoms with Crippen molar-refractivity contribution in [2.75, 3.05) is 29.4 Å². The maximum Gasteiger partial charge on any atom is 0.573 e. The lowest BCUT2D eigenvalue weighted by Crippen LogP contribution is -2.52. The minimum atomic E-state index is -4.75. The predicted molar refractivity (Wildman–Crippen MR) is 140 cm³/mol. The Kier molecular flexibility index (Phi) is 7.26. The quantitative estimate of drug-likeness (QED) is 0.318. The van der Waals surface area contributed by atoms with E-state index in [2.05, 4.69) is 15.0 Å². The van der Waals surface area contributed by atoms with Crippen LogP contribution in [0.4, 0.5) is 33.3 Å². The first-order valence-corrected chi connectivity index (χ1v) is 12.6. The van der Waals surface area contributed by atoms with Crippen molar-refractivity contribution in [1.82, 2.24) is 14.7 Å². The van der Waals surface area contributed by atoms with Crippen molar-refractivity contribution in [3.8, 4) is 5.75 Å². The van der Waals surface area contributed by atoms with E-state index in [-0.39, 0.29) is 24.0 Å². The van der Waals surface area contributed by atoms with Gasteiger partial charge in [-0.3, -0.25) is 9.20 Å². The number of ether oxygens (including phenoxy) is 1. The molecule has 0 saturated carbocycles. The molecule has 7 nitrogen and oxygen atoms in total. The topological polar surface area (TPSA) is 62.1 Å². The van der Waals surface area contributed by atoms with Gasteiger partial charge in [0.05, 0.1) is 11.4 Å². The van der Waals surface area contributed by atoms with Gasteiger partial charge in [-0.1, -0.05) is 6.07 Å². The first-order chi connectivity index (χ1) is 19.0. The highest BCUT2D eigenvalue weighted by atomic mass is 19.4.